The molecule has 0 amide bonds. The molecule has 0 N–H and O–H groups in total. The van der Waals surface area contributed by atoms with Gasteiger partial charge in [0.1, 0.15) is 11.2 Å². The van der Waals surface area contributed by atoms with Crippen LogP contribution in [0.2, 0.25) is 0 Å². The van der Waals surface area contributed by atoms with Crippen LogP contribution in [0.25, 0.3) is 88.8 Å². The zero-order chi connectivity index (χ0) is 38.2. The van der Waals surface area contributed by atoms with Crippen molar-refractivity contribution in [3.05, 3.63) is 222 Å². The van der Waals surface area contributed by atoms with E-state index in [2.05, 4.69) is 170 Å². The van der Waals surface area contributed by atoms with E-state index >= 15 is 0 Å². The molecule has 4 nitrogen and oxygen atoms in total. The number of furan rings is 1. The van der Waals surface area contributed by atoms with Crippen LogP contribution in [-0.4, -0.2) is 15.0 Å². The third-order valence-corrected chi connectivity index (χ3v) is 12.0. The minimum Gasteiger partial charge on any atom is -0.455 e. The Kier molecular flexibility index (Phi) is 7.11. The first-order valence-corrected chi connectivity index (χ1v) is 19.7. The van der Waals surface area contributed by atoms with Crippen molar-refractivity contribution < 1.29 is 4.42 Å². The van der Waals surface area contributed by atoms with E-state index in [4.69, 9.17) is 19.4 Å². The van der Waals surface area contributed by atoms with Crippen molar-refractivity contribution in [2.24, 2.45) is 0 Å². The second-order valence-corrected chi connectivity index (χ2v) is 15.1. The number of fused-ring (bicyclic) bond motifs is 11. The van der Waals surface area contributed by atoms with Crippen molar-refractivity contribution in [1.29, 1.82) is 0 Å². The van der Waals surface area contributed by atoms with Gasteiger partial charge in [0.25, 0.3) is 0 Å². The van der Waals surface area contributed by atoms with Gasteiger partial charge in [0.2, 0.25) is 0 Å². The molecule has 2 heterocycles. The second kappa shape index (κ2) is 12.7. The molecule has 58 heavy (non-hydrogen) atoms. The summed E-state index contributed by atoms with van der Waals surface area (Å²) >= 11 is 0. The predicted molar refractivity (Wildman–Crippen MR) is 236 cm³/mol. The normalized spacial score (nSPS) is 13.0. The number of aromatic nitrogens is 3. The van der Waals surface area contributed by atoms with Crippen LogP contribution in [0.4, 0.5) is 0 Å². The van der Waals surface area contributed by atoms with E-state index in [-0.39, 0.29) is 0 Å². The van der Waals surface area contributed by atoms with Gasteiger partial charge >= 0.3 is 0 Å². The van der Waals surface area contributed by atoms with E-state index in [0.29, 0.717) is 17.5 Å². The minimum absolute atomic E-state index is 0.482. The molecule has 9 aromatic carbocycles. The summed E-state index contributed by atoms with van der Waals surface area (Å²) in [5.41, 5.74) is 11.4. The fraction of sp³-hybridized carbons (Fsp3) is 0.0185. The lowest BCUT2D eigenvalue weighted by Crippen LogP contribution is -2.28. The van der Waals surface area contributed by atoms with Gasteiger partial charge in [-0.1, -0.05) is 182 Å². The number of rotatable bonds is 5. The number of hydrogen-bond acceptors (Lipinski definition) is 4. The summed E-state index contributed by atoms with van der Waals surface area (Å²) < 4.78 is 6.56. The Bertz CT molecular complexity index is 3350. The molecule has 1 aliphatic carbocycles. The molecule has 0 spiro atoms. The van der Waals surface area contributed by atoms with Crippen LogP contribution in [0.5, 0.6) is 0 Å². The van der Waals surface area contributed by atoms with Crippen molar-refractivity contribution in [3.8, 4) is 45.3 Å². The molecule has 0 aliphatic heterocycles. The summed E-state index contributed by atoms with van der Waals surface area (Å²) in [6.07, 6.45) is 0. The lowest BCUT2D eigenvalue weighted by atomic mass is 9.67. The SMILES string of the molecule is c1ccc(-c2nc(-c3ccc4c(c3)-c3ccccc3C4(c3ccccc3)c3ccccc3)nc(-c3ccc4c5ccccc5c5oc6ccccc6c5c4c3)n2)cc1. The molecule has 1 aliphatic rings. The Morgan fingerprint density at radius 3 is 1.59 bits per heavy atom. The molecule has 0 saturated carbocycles. The molecular formula is C54H33N3O. The first-order valence-electron chi connectivity index (χ1n) is 19.7. The summed E-state index contributed by atoms with van der Waals surface area (Å²) in [5.74, 6) is 1.86. The van der Waals surface area contributed by atoms with Crippen molar-refractivity contribution in [1.82, 2.24) is 15.0 Å². The Labute approximate surface area is 334 Å². The molecule has 0 bridgehead atoms. The maximum absolute atomic E-state index is 6.56. The van der Waals surface area contributed by atoms with Gasteiger partial charge < -0.3 is 4.42 Å². The molecular weight excluding hydrogens is 707 g/mol. The molecule has 0 saturated heterocycles. The van der Waals surface area contributed by atoms with Crippen LogP contribution in [0, 0.1) is 0 Å². The fourth-order valence-corrected chi connectivity index (χ4v) is 9.48. The van der Waals surface area contributed by atoms with Crippen LogP contribution in [0.1, 0.15) is 22.3 Å². The Morgan fingerprint density at radius 2 is 0.862 bits per heavy atom. The summed E-state index contributed by atoms with van der Waals surface area (Å²) in [6, 6.07) is 70.9. The topological polar surface area (TPSA) is 51.8 Å². The summed E-state index contributed by atoms with van der Waals surface area (Å²) in [6.45, 7) is 0. The molecule has 11 aromatic rings. The standard InChI is InChI=1S/C54H33N3O/c1-4-16-34(17-5-1)51-55-52(35-28-30-40-39-22-10-11-24-42(39)50-49(45(40)33-35)43-25-13-15-27-48(43)58-50)57-53(56-51)36-29-31-47-44(32-36)41-23-12-14-26-46(41)54(47,37-18-6-2-7-19-37)38-20-8-3-9-21-38/h1-33H. The Balaban J connectivity index is 1.09. The number of para-hydroxylation sites is 1. The third-order valence-electron chi connectivity index (χ3n) is 12.0. The van der Waals surface area contributed by atoms with E-state index < -0.39 is 5.41 Å². The second-order valence-electron chi connectivity index (χ2n) is 15.1. The number of nitrogens with zero attached hydrogens (tertiary/aromatic N) is 3. The van der Waals surface area contributed by atoms with Gasteiger partial charge in [0, 0.05) is 32.8 Å². The highest BCUT2D eigenvalue weighted by Gasteiger charge is 2.46. The van der Waals surface area contributed by atoms with Crippen LogP contribution < -0.4 is 0 Å². The van der Waals surface area contributed by atoms with E-state index in [0.717, 1.165) is 60.2 Å². The molecule has 0 fully saturated rings. The molecule has 12 rings (SSSR count). The van der Waals surface area contributed by atoms with Crippen molar-refractivity contribution in [3.63, 3.8) is 0 Å². The maximum Gasteiger partial charge on any atom is 0.164 e. The average molecular weight is 740 g/mol. The highest BCUT2D eigenvalue weighted by atomic mass is 16.3. The number of hydrogen-bond donors (Lipinski definition) is 0. The highest BCUT2D eigenvalue weighted by molar-refractivity contribution is 6.30. The van der Waals surface area contributed by atoms with E-state index in [1.165, 1.54) is 33.4 Å². The number of benzene rings is 9. The lowest BCUT2D eigenvalue weighted by molar-refractivity contribution is 0.673. The molecule has 0 unspecified atom stereocenters. The van der Waals surface area contributed by atoms with Crippen LogP contribution >= 0.6 is 0 Å². The highest BCUT2D eigenvalue weighted by Crippen LogP contribution is 2.56. The Morgan fingerprint density at radius 1 is 0.345 bits per heavy atom. The first-order chi connectivity index (χ1) is 28.8. The average Bonchev–Trinajstić information content (AvgIpc) is 3.84. The first kappa shape index (κ1) is 32.5. The monoisotopic (exact) mass is 739 g/mol. The van der Waals surface area contributed by atoms with Gasteiger partial charge in [-0.3, -0.25) is 0 Å². The molecule has 0 atom stereocenters. The lowest BCUT2D eigenvalue weighted by Gasteiger charge is -2.33. The molecule has 4 heteroatoms. The van der Waals surface area contributed by atoms with Gasteiger partial charge in [-0.2, -0.15) is 0 Å². The predicted octanol–water partition coefficient (Wildman–Crippen LogP) is 13.4. The van der Waals surface area contributed by atoms with Gasteiger partial charge in [-0.05, 0) is 67.7 Å². The largest absolute Gasteiger partial charge is 0.455 e. The molecule has 2 aromatic heterocycles. The summed E-state index contributed by atoms with van der Waals surface area (Å²) in [7, 11) is 0. The van der Waals surface area contributed by atoms with E-state index in [1.807, 2.05) is 30.3 Å². The van der Waals surface area contributed by atoms with Crippen molar-refractivity contribution in [2.45, 2.75) is 5.41 Å². The van der Waals surface area contributed by atoms with Crippen LogP contribution in [0.3, 0.4) is 0 Å². The zero-order valence-corrected chi connectivity index (χ0v) is 31.3. The van der Waals surface area contributed by atoms with E-state index in [9.17, 15) is 0 Å². The zero-order valence-electron chi connectivity index (χ0n) is 31.3. The van der Waals surface area contributed by atoms with Crippen LogP contribution in [-0.2, 0) is 5.41 Å². The van der Waals surface area contributed by atoms with Gasteiger partial charge in [0.05, 0.1) is 5.41 Å². The summed E-state index contributed by atoms with van der Waals surface area (Å²) in [5, 5.41) is 6.70. The summed E-state index contributed by atoms with van der Waals surface area (Å²) in [4.78, 5) is 15.6. The third kappa shape index (κ3) is 4.72. The Hall–Kier alpha value is -7.69. The van der Waals surface area contributed by atoms with Gasteiger partial charge in [-0.15, -0.1) is 0 Å². The van der Waals surface area contributed by atoms with E-state index in [1.54, 1.807) is 0 Å². The smallest absolute Gasteiger partial charge is 0.164 e. The molecule has 0 radical (unpaired) electrons. The fourth-order valence-electron chi connectivity index (χ4n) is 9.48. The quantitative estimate of drug-likeness (QED) is 0.165. The minimum atomic E-state index is -0.482. The van der Waals surface area contributed by atoms with Gasteiger partial charge in [-0.25, -0.2) is 15.0 Å². The van der Waals surface area contributed by atoms with Crippen molar-refractivity contribution >= 4 is 43.5 Å². The molecule has 270 valence electrons. The van der Waals surface area contributed by atoms with Crippen molar-refractivity contribution in [2.75, 3.05) is 0 Å². The maximum atomic E-state index is 6.56. The van der Waals surface area contributed by atoms with Crippen LogP contribution in [0.15, 0.2) is 205 Å². The van der Waals surface area contributed by atoms with Gasteiger partial charge in [0.15, 0.2) is 17.5 Å².